The van der Waals surface area contributed by atoms with Gasteiger partial charge in [-0.15, -0.1) is 0 Å². The van der Waals surface area contributed by atoms with E-state index < -0.39 is 29.4 Å². The third kappa shape index (κ3) is 5.61. The van der Waals surface area contributed by atoms with Crippen LogP contribution in [0.4, 0.5) is 20.6 Å². The predicted molar refractivity (Wildman–Crippen MR) is 159 cm³/mol. The highest BCUT2D eigenvalue weighted by Gasteiger charge is 2.34. The Morgan fingerprint density at radius 2 is 1.93 bits per heavy atom. The minimum absolute atomic E-state index is 0.0699. The molecule has 2 unspecified atom stereocenters. The molecule has 1 aliphatic carbocycles. The first kappa shape index (κ1) is 29.3. The molecule has 2 aromatic carbocycles. The fourth-order valence-corrected chi connectivity index (χ4v) is 5.92. The molecule has 0 radical (unpaired) electrons. The molecule has 0 bridgehead atoms. The normalized spacial score (nSPS) is 19.8. The van der Waals surface area contributed by atoms with Gasteiger partial charge in [-0.25, -0.2) is 14.0 Å². The van der Waals surface area contributed by atoms with Gasteiger partial charge < -0.3 is 34.1 Å². The van der Waals surface area contributed by atoms with Gasteiger partial charge in [-0.1, -0.05) is 0 Å². The second kappa shape index (κ2) is 11.7. The van der Waals surface area contributed by atoms with Gasteiger partial charge in [-0.3, -0.25) is 14.5 Å². The van der Waals surface area contributed by atoms with Gasteiger partial charge in [0.15, 0.2) is 17.3 Å². The number of methoxy groups -OCH3 is 1. The second-order valence-corrected chi connectivity index (χ2v) is 11.4. The van der Waals surface area contributed by atoms with Crippen LogP contribution in [0.15, 0.2) is 41.3 Å². The molecule has 44 heavy (non-hydrogen) atoms. The maximum atomic E-state index is 15.0. The number of hydrogen-bond acceptors (Lipinski definition) is 8. The lowest BCUT2D eigenvalue weighted by Crippen LogP contribution is -2.33. The van der Waals surface area contributed by atoms with Crippen molar-refractivity contribution in [2.45, 2.75) is 38.3 Å². The summed E-state index contributed by atoms with van der Waals surface area (Å²) in [6, 6.07) is 7.88. The van der Waals surface area contributed by atoms with E-state index in [9.17, 15) is 24.3 Å². The molecule has 2 saturated heterocycles. The number of benzene rings is 2. The summed E-state index contributed by atoms with van der Waals surface area (Å²) in [6.07, 6.45) is 2.86. The summed E-state index contributed by atoms with van der Waals surface area (Å²) in [5.74, 6) is -1.42. The monoisotopic (exact) mass is 608 g/mol. The summed E-state index contributed by atoms with van der Waals surface area (Å²) in [6.45, 7) is 3.30. The number of carboxylic acids is 1. The van der Waals surface area contributed by atoms with Crippen molar-refractivity contribution in [1.82, 2.24) is 9.88 Å². The number of carbonyl (C=O) groups is 3. The average Bonchev–Trinajstić information content (AvgIpc) is 3.61. The van der Waals surface area contributed by atoms with Crippen LogP contribution in [0.1, 0.15) is 42.6 Å². The quantitative estimate of drug-likeness (QED) is 0.354. The largest absolute Gasteiger partial charge is 0.492 e. The molecule has 0 spiro atoms. The molecular weight excluding hydrogens is 575 g/mol. The maximum Gasteiger partial charge on any atom is 0.414 e. The average molecular weight is 609 g/mol. The van der Waals surface area contributed by atoms with Crippen LogP contribution in [-0.2, 0) is 9.53 Å². The lowest BCUT2D eigenvalue weighted by atomic mass is 10.1. The molecular formula is C31H33FN4O8. The number of aromatic nitrogens is 1. The number of carbonyl (C=O) groups excluding carboxylic acids is 2. The van der Waals surface area contributed by atoms with E-state index in [1.165, 1.54) is 30.2 Å². The van der Waals surface area contributed by atoms with Gasteiger partial charge in [-0.2, -0.15) is 0 Å². The van der Waals surface area contributed by atoms with E-state index in [0.29, 0.717) is 35.4 Å². The van der Waals surface area contributed by atoms with Crippen LogP contribution >= 0.6 is 0 Å². The Morgan fingerprint density at radius 3 is 2.61 bits per heavy atom. The number of nitrogens with zero attached hydrogens (tertiary/aromatic N) is 3. The van der Waals surface area contributed by atoms with Gasteiger partial charge >= 0.3 is 12.1 Å². The minimum atomic E-state index is -1.26. The molecule has 2 N–H and O–H groups in total. The number of anilines is 2. The highest BCUT2D eigenvalue weighted by atomic mass is 19.1. The molecule has 232 valence electrons. The summed E-state index contributed by atoms with van der Waals surface area (Å²) in [5.41, 5.74) is 0.920. The van der Waals surface area contributed by atoms with E-state index in [2.05, 4.69) is 10.2 Å². The zero-order valence-corrected chi connectivity index (χ0v) is 24.4. The van der Waals surface area contributed by atoms with Crippen LogP contribution in [-0.4, -0.2) is 73.6 Å². The van der Waals surface area contributed by atoms with Crippen LogP contribution in [0.3, 0.4) is 0 Å². The third-order valence-electron chi connectivity index (χ3n) is 8.28. The lowest BCUT2D eigenvalue weighted by molar-refractivity contribution is -0.119. The fraction of sp³-hybridized carbons (Fsp3) is 0.419. The molecule has 6 rings (SSSR count). The van der Waals surface area contributed by atoms with Gasteiger partial charge in [-0.05, 0) is 43.5 Å². The first-order valence-corrected chi connectivity index (χ1v) is 14.5. The van der Waals surface area contributed by atoms with Crippen LogP contribution in [0, 0.1) is 11.7 Å². The molecule has 1 saturated carbocycles. The van der Waals surface area contributed by atoms with Gasteiger partial charge in [0.05, 0.1) is 49.1 Å². The van der Waals surface area contributed by atoms with Crippen molar-refractivity contribution in [2.24, 2.45) is 5.92 Å². The van der Waals surface area contributed by atoms with E-state index in [4.69, 9.17) is 14.2 Å². The molecule has 3 aromatic rings. The highest BCUT2D eigenvalue weighted by Crippen LogP contribution is 2.43. The molecule has 2 amide bonds. The standard InChI is InChI=1S/C31H33FN4O8/c1-17(37)33-12-21-14-36(31(41)44-21)20-5-8-26(24(32)11-20)43-16-18-9-10-34(13-18)25-7-6-22-27(29(25)42-2)35(19-3-4-19)15-23(28(22)38)30(39)40/h5-8,11,15,18-19,21H,3-4,9-10,12-14,16H2,1-2H3,(H,33,37)(H,39,40). The van der Waals surface area contributed by atoms with E-state index in [-0.39, 0.29) is 48.9 Å². The smallest absolute Gasteiger partial charge is 0.414 e. The Labute approximate surface area is 251 Å². The van der Waals surface area contributed by atoms with Crippen LogP contribution in [0.25, 0.3) is 10.9 Å². The third-order valence-corrected chi connectivity index (χ3v) is 8.28. The van der Waals surface area contributed by atoms with E-state index in [1.807, 2.05) is 4.57 Å². The Kier molecular flexibility index (Phi) is 7.78. The van der Waals surface area contributed by atoms with Crippen molar-refractivity contribution in [1.29, 1.82) is 0 Å². The summed E-state index contributed by atoms with van der Waals surface area (Å²) >= 11 is 0. The summed E-state index contributed by atoms with van der Waals surface area (Å²) in [5, 5.41) is 12.5. The first-order valence-electron chi connectivity index (χ1n) is 14.5. The lowest BCUT2D eigenvalue weighted by Gasteiger charge is -2.24. The van der Waals surface area contributed by atoms with Crippen LogP contribution < -0.4 is 30.0 Å². The number of pyridine rings is 1. The number of ether oxygens (including phenoxy) is 3. The van der Waals surface area contributed by atoms with Crippen molar-refractivity contribution in [3.63, 3.8) is 0 Å². The zero-order valence-electron chi connectivity index (χ0n) is 24.4. The number of fused-ring (bicyclic) bond motifs is 1. The van der Waals surface area contributed by atoms with Crippen molar-refractivity contribution >= 4 is 40.2 Å². The molecule has 3 heterocycles. The zero-order chi connectivity index (χ0) is 31.1. The Balaban J connectivity index is 1.14. The van der Waals surface area contributed by atoms with Crippen molar-refractivity contribution in [3.05, 3.63) is 58.1 Å². The molecule has 2 atom stereocenters. The fourth-order valence-electron chi connectivity index (χ4n) is 5.92. The number of carboxylic acid groups (broad SMARTS) is 1. The summed E-state index contributed by atoms with van der Waals surface area (Å²) in [7, 11) is 1.54. The van der Waals surface area contributed by atoms with Crippen molar-refractivity contribution in [3.8, 4) is 11.5 Å². The minimum Gasteiger partial charge on any atom is -0.492 e. The molecule has 1 aromatic heterocycles. The SMILES string of the molecule is COc1c(N2CCC(COc3ccc(N4CC(CNC(C)=O)OC4=O)cc3F)C2)ccc2c(=O)c(C(=O)O)cn(C3CC3)c12. The number of halogens is 1. The van der Waals surface area contributed by atoms with E-state index in [1.54, 1.807) is 25.3 Å². The summed E-state index contributed by atoms with van der Waals surface area (Å²) < 4.78 is 33.8. The molecule has 2 aliphatic heterocycles. The molecule has 3 fully saturated rings. The van der Waals surface area contributed by atoms with Crippen molar-refractivity contribution < 1.29 is 38.1 Å². The Morgan fingerprint density at radius 1 is 1.14 bits per heavy atom. The van der Waals surface area contributed by atoms with E-state index >= 15 is 4.39 Å². The number of aromatic carboxylic acids is 1. The molecule has 13 heteroatoms. The maximum absolute atomic E-state index is 15.0. The highest BCUT2D eigenvalue weighted by molar-refractivity contribution is 5.97. The number of cyclic esters (lactones) is 1. The number of nitrogens with one attached hydrogen (secondary N) is 1. The van der Waals surface area contributed by atoms with Gasteiger partial charge in [0.25, 0.3) is 0 Å². The first-order chi connectivity index (χ1) is 21.1. The van der Waals surface area contributed by atoms with Crippen LogP contribution in [0.2, 0.25) is 0 Å². The van der Waals surface area contributed by atoms with Gasteiger partial charge in [0.1, 0.15) is 11.7 Å². The predicted octanol–water partition coefficient (Wildman–Crippen LogP) is 3.55. The van der Waals surface area contributed by atoms with Crippen molar-refractivity contribution in [2.75, 3.05) is 49.7 Å². The van der Waals surface area contributed by atoms with E-state index in [0.717, 1.165) is 24.9 Å². The molecule has 12 nitrogen and oxygen atoms in total. The van der Waals surface area contributed by atoms with Crippen LogP contribution in [0.5, 0.6) is 11.5 Å². The number of rotatable bonds is 10. The Hall–Kier alpha value is -4.81. The topological polar surface area (TPSA) is 140 Å². The Bertz CT molecular complexity index is 1700. The van der Waals surface area contributed by atoms with Gasteiger partial charge in [0, 0.05) is 44.2 Å². The molecule has 3 aliphatic rings. The second-order valence-electron chi connectivity index (χ2n) is 11.4. The summed E-state index contributed by atoms with van der Waals surface area (Å²) in [4.78, 5) is 51.6. The number of amides is 2. The van der Waals surface area contributed by atoms with Gasteiger partial charge in [0.2, 0.25) is 11.3 Å². The number of hydrogen-bond donors (Lipinski definition) is 2.